The molecule has 21 heavy (non-hydrogen) atoms. The minimum absolute atomic E-state index is 0.263. The van der Waals surface area contributed by atoms with Crippen molar-refractivity contribution >= 4 is 11.6 Å². The Hall–Kier alpha value is -1.58. The van der Waals surface area contributed by atoms with Gasteiger partial charge in [-0.05, 0) is 74.0 Å². The Bertz CT molecular complexity index is 558. The van der Waals surface area contributed by atoms with E-state index in [0.717, 1.165) is 37.5 Å². The van der Waals surface area contributed by atoms with Crippen molar-refractivity contribution in [1.82, 2.24) is 0 Å². The maximum absolute atomic E-state index is 13.5. The van der Waals surface area contributed by atoms with Gasteiger partial charge >= 0.3 is 0 Å². The molecule has 1 aromatic carbocycles. The van der Waals surface area contributed by atoms with E-state index in [0.29, 0.717) is 17.5 Å². The van der Waals surface area contributed by atoms with Gasteiger partial charge in [0.05, 0.1) is 0 Å². The van der Waals surface area contributed by atoms with Crippen LogP contribution in [0.4, 0.5) is 10.1 Å². The molecule has 0 unspecified atom stereocenters. The van der Waals surface area contributed by atoms with Gasteiger partial charge in [-0.15, -0.1) is 0 Å². The number of hydrogen-bond donors (Lipinski definition) is 2. The Morgan fingerprint density at radius 3 is 2.29 bits per heavy atom. The summed E-state index contributed by atoms with van der Waals surface area (Å²) in [5, 5.41) is 3.36. The van der Waals surface area contributed by atoms with Crippen LogP contribution in [0, 0.1) is 29.5 Å². The largest absolute Gasteiger partial charge is 0.371 e. The molecule has 0 atom stereocenters. The summed E-state index contributed by atoms with van der Waals surface area (Å²) in [5.41, 5.74) is 5.83. The molecular weight excluding hydrogens is 267 g/mol. The fourth-order valence-corrected chi connectivity index (χ4v) is 5.40. The Morgan fingerprint density at radius 2 is 1.76 bits per heavy atom. The second kappa shape index (κ2) is 4.46. The van der Waals surface area contributed by atoms with Gasteiger partial charge < -0.3 is 11.1 Å². The normalized spacial score (nSPS) is 40.2. The standard InChI is InChI=1S/C17H21FN2O/c18-14-2-1-3-15(9-14)20-17(16(19)21)12-5-10-4-11(7-12)8-13(17)6-10/h1-3,9-13,20H,4-8H2,(H2,19,21). The molecule has 0 saturated heterocycles. The van der Waals surface area contributed by atoms with Gasteiger partial charge in [0.1, 0.15) is 11.4 Å². The summed E-state index contributed by atoms with van der Waals surface area (Å²) in [4.78, 5) is 12.4. The van der Waals surface area contributed by atoms with Gasteiger partial charge in [0.15, 0.2) is 0 Å². The molecule has 1 amide bonds. The molecule has 4 aliphatic rings. The number of carbonyl (C=O) groups is 1. The first-order valence-corrected chi connectivity index (χ1v) is 7.91. The minimum atomic E-state index is -0.679. The molecule has 3 nitrogen and oxygen atoms in total. The molecular formula is C17H21FN2O. The van der Waals surface area contributed by atoms with Crippen molar-refractivity contribution in [2.45, 2.75) is 37.6 Å². The van der Waals surface area contributed by atoms with Crippen LogP contribution < -0.4 is 11.1 Å². The fourth-order valence-electron chi connectivity index (χ4n) is 5.40. The number of benzene rings is 1. The highest BCUT2D eigenvalue weighted by molar-refractivity contribution is 5.89. The number of amides is 1. The lowest BCUT2D eigenvalue weighted by atomic mass is 9.48. The Labute approximate surface area is 124 Å². The molecule has 3 N–H and O–H groups in total. The molecule has 0 aromatic heterocycles. The smallest absolute Gasteiger partial charge is 0.243 e. The third-order valence-corrected chi connectivity index (χ3v) is 6.01. The maximum atomic E-state index is 13.5. The van der Waals surface area contributed by atoms with Crippen LogP contribution in [0.1, 0.15) is 32.1 Å². The Kier molecular flexibility index (Phi) is 2.78. The van der Waals surface area contributed by atoms with Gasteiger partial charge in [0.25, 0.3) is 0 Å². The van der Waals surface area contributed by atoms with E-state index in [-0.39, 0.29) is 11.7 Å². The number of nitrogens with one attached hydrogen (secondary N) is 1. The van der Waals surface area contributed by atoms with Crippen LogP contribution in [0.25, 0.3) is 0 Å². The van der Waals surface area contributed by atoms with Gasteiger partial charge in [0, 0.05) is 5.69 Å². The van der Waals surface area contributed by atoms with Crippen molar-refractivity contribution in [2.24, 2.45) is 29.4 Å². The van der Waals surface area contributed by atoms with E-state index >= 15 is 0 Å². The molecule has 0 radical (unpaired) electrons. The first kappa shape index (κ1) is 13.1. The lowest BCUT2D eigenvalue weighted by molar-refractivity contribution is -0.136. The third-order valence-electron chi connectivity index (χ3n) is 6.01. The Morgan fingerprint density at radius 1 is 1.14 bits per heavy atom. The van der Waals surface area contributed by atoms with Gasteiger partial charge in [-0.1, -0.05) is 6.07 Å². The monoisotopic (exact) mass is 288 g/mol. The fraction of sp³-hybridized carbons (Fsp3) is 0.588. The van der Waals surface area contributed by atoms with Crippen LogP contribution in [0.2, 0.25) is 0 Å². The van der Waals surface area contributed by atoms with Crippen molar-refractivity contribution in [3.63, 3.8) is 0 Å². The van der Waals surface area contributed by atoms with E-state index in [1.165, 1.54) is 18.6 Å². The van der Waals surface area contributed by atoms with Crippen LogP contribution in [0.3, 0.4) is 0 Å². The molecule has 4 fully saturated rings. The van der Waals surface area contributed by atoms with E-state index < -0.39 is 5.54 Å². The first-order valence-electron chi connectivity index (χ1n) is 7.91. The molecule has 4 aliphatic carbocycles. The summed E-state index contributed by atoms with van der Waals surface area (Å²) in [6, 6.07) is 6.36. The zero-order chi connectivity index (χ0) is 14.6. The van der Waals surface area contributed by atoms with E-state index in [4.69, 9.17) is 5.73 Å². The van der Waals surface area contributed by atoms with Crippen molar-refractivity contribution < 1.29 is 9.18 Å². The van der Waals surface area contributed by atoms with E-state index in [2.05, 4.69) is 5.32 Å². The average molecular weight is 288 g/mol. The van der Waals surface area contributed by atoms with Gasteiger partial charge in [-0.2, -0.15) is 0 Å². The van der Waals surface area contributed by atoms with Gasteiger partial charge in [-0.25, -0.2) is 4.39 Å². The highest BCUT2D eigenvalue weighted by atomic mass is 19.1. The minimum Gasteiger partial charge on any atom is -0.371 e. The van der Waals surface area contributed by atoms with Crippen LogP contribution in [0.15, 0.2) is 24.3 Å². The molecule has 0 aliphatic heterocycles. The van der Waals surface area contributed by atoms with Crippen molar-refractivity contribution in [1.29, 1.82) is 0 Å². The molecule has 1 aromatic rings. The molecule has 4 heteroatoms. The summed E-state index contributed by atoms with van der Waals surface area (Å²) in [6.07, 6.45) is 5.65. The summed E-state index contributed by atoms with van der Waals surface area (Å²) in [7, 11) is 0. The summed E-state index contributed by atoms with van der Waals surface area (Å²) >= 11 is 0. The highest BCUT2D eigenvalue weighted by Crippen LogP contribution is 2.59. The number of carbonyl (C=O) groups excluding carboxylic acids is 1. The van der Waals surface area contributed by atoms with E-state index in [1.54, 1.807) is 6.07 Å². The number of nitrogens with two attached hydrogens (primary N) is 1. The quantitative estimate of drug-likeness (QED) is 0.898. The average Bonchev–Trinajstić information content (AvgIpc) is 2.42. The molecule has 112 valence electrons. The van der Waals surface area contributed by atoms with Gasteiger partial charge in [-0.3, -0.25) is 4.79 Å². The lowest BCUT2D eigenvalue weighted by Crippen LogP contribution is -2.67. The SMILES string of the molecule is NC(=O)C1(Nc2cccc(F)c2)C2CC3CC(C2)CC1C3. The van der Waals surface area contributed by atoms with Crippen LogP contribution >= 0.6 is 0 Å². The molecule has 4 bridgehead atoms. The molecule has 4 saturated carbocycles. The zero-order valence-electron chi connectivity index (χ0n) is 12.0. The highest BCUT2D eigenvalue weighted by Gasteiger charge is 2.60. The van der Waals surface area contributed by atoms with Crippen molar-refractivity contribution in [3.05, 3.63) is 30.1 Å². The van der Waals surface area contributed by atoms with Crippen molar-refractivity contribution in [3.8, 4) is 0 Å². The number of rotatable bonds is 3. The topological polar surface area (TPSA) is 55.1 Å². The maximum Gasteiger partial charge on any atom is 0.243 e. The van der Waals surface area contributed by atoms with Crippen LogP contribution in [0.5, 0.6) is 0 Å². The zero-order valence-corrected chi connectivity index (χ0v) is 12.0. The third kappa shape index (κ3) is 1.88. The molecule has 0 heterocycles. The Balaban J connectivity index is 1.72. The summed E-state index contributed by atoms with van der Waals surface area (Å²) < 4.78 is 13.5. The summed E-state index contributed by atoms with van der Waals surface area (Å²) in [6.45, 7) is 0. The van der Waals surface area contributed by atoms with E-state index in [1.807, 2.05) is 6.07 Å². The molecule has 5 rings (SSSR count). The first-order chi connectivity index (χ1) is 10.1. The van der Waals surface area contributed by atoms with Gasteiger partial charge in [0.2, 0.25) is 5.91 Å². The predicted octanol–water partition coefficient (Wildman–Crippen LogP) is 2.92. The number of hydrogen-bond acceptors (Lipinski definition) is 2. The number of halogens is 1. The van der Waals surface area contributed by atoms with Crippen molar-refractivity contribution in [2.75, 3.05) is 5.32 Å². The van der Waals surface area contributed by atoms with Crippen LogP contribution in [-0.4, -0.2) is 11.4 Å². The second-order valence-corrected chi connectivity index (χ2v) is 7.17. The number of primary amides is 1. The number of anilines is 1. The summed E-state index contributed by atoms with van der Waals surface area (Å²) in [5.74, 6) is 1.57. The van der Waals surface area contributed by atoms with Crippen LogP contribution in [-0.2, 0) is 4.79 Å². The molecule has 0 spiro atoms. The van der Waals surface area contributed by atoms with E-state index in [9.17, 15) is 9.18 Å². The lowest BCUT2D eigenvalue weighted by Gasteiger charge is -2.60. The second-order valence-electron chi connectivity index (χ2n) is 7.17. The predicted molar refractivity (Wildman–Crippen MR) is 79.0 cm³/mol.